The van der Waals surface area contributed by atoms with Gasteiger partial charge in [-0.3, -0.25) is 4.79 Å². The van der Waals surface area contributed by atoms with Crippen LogP contribution in [0, 0.1) is 0 Å². The van der Waals surface area contributed by atoms with Crippen molar-refractivity contribution in [3.8, 4) is 11.3 Å². The molecule has 0 aliphatic rings. The van der Waals surface area contributed by atoms with Crippen molar-refractivity contribution >= 4 is 33.8 Å². The average Bonchev–Trinajstić information content (AvgIpc) is 3.65. The summed E-state index contributed by atoms with van der Waals surface area (Å²) in [6.07, 6.45) is 5.36. The molecule has 0 aliphatic heterocycles. The molecule has 4 aromatic heterocycles. The third-order valence-electron chi connectivity index (χ3n) is 6.07. The van der Waals surface area contributed by atoms with E-state index in [9.17, 15) is 4.79 Å². The maximum atomic E-state index is 13.3. The topological polar surface area (TPSA) is 75.1 Å². The van der Waals surface area contributed by atoms with E-state index in [0.29, 0.717) is 17.8 Å². The van der Waals surface area contributed by atoms with E-state index < -0.39 is 0 Å². The zero-order valence-electron chi connectivity index (χ0n) is 18.2. The highest BCUT2D eigenvalue weighted by molar-refractivity contribution is 7.10. The maximum Gasteiger partial charge on any atom is 0.256 e. The van der Waals surface area contributed by atoms with Crippen LogP contribution in [0.2, 0.25) is 0 Å². The van der Waals surface area contributed by atoms with Crippen molar-refractivity contribution in [2.24, 2.45) is 0 Å². The molecule has 2 N–H and O–H groups in total. The van der Waals surface area contributed by atoms with Gasteiger partial charge in [-0.05, 0) is 29.1 Å². The SMILES string of the molecule is O=C(NCC(c1cccs1)c1c[nH]c2ccccc12)c1cnn2c(-c3ccccc3)ccnc12. The molecule has 6 nitrogen and oxygen atoms in total. The summed E-state index contributed by atoms with van der Waals surface area (Å²) in [5, 5.41) is 10.8. The predicted octanol–water partition coefficient (Wildman–Crippen LogP) is 5.50. The number of nitrogens with one attached hydrogen (secondary N) is 2. The van der Waals surface area contributed by atoms with Gasteiger partial charge in [-0.1, -0.05) is 54.6 Å². The van der Waals surface area contributed by atoms with Crippen LogP contribution >= 0.6 is 11.3 Å². The van der Waals surface area contributed by atoms with E-state index >= 15 is 0 Å². The van der Waals surface area contributed by atoms with Crippen LogP contribution in [0.4, 0.5) is 0 Å². The Labute approximate surface area is 199 Å². The second-order valence-electron chi connectivity index (χ2n) is 8.06. The Bertz CT molecular complexity index is 1580. The number of hydrogen-bond donors (Lipinski definition) is 2. The molecule has 6 rings (SSSR count). The number of para-hydroxylation sites is 1. The molecule has 0 radical (unpaired) electrons. The van der Waals surface area contributed by atoms with E-state index in [0.717, 1.165) is 16.8 Å². The van der Waals surface area contributed by atoms with Crippen molar-refractivity contribution in [1.82, 2.24) is 24.9 Å². The third kappa shape index (κ3) is 3.56. The number of carbonyl (C=O) groups excluding carboxylic acids is 1. The van der Waals surface area contributed by atoms with Gasteiger partial charge in [-0.2, -0.15) is 5.10 Å². The molecule has 0 spiro atoms. The molecule has 1 amide bonds. The van der Waals surface area contributed by atoms with Crippen LogP contribution in [-0.4, -0.2) is 32.0 Å². The van der Waals surface area contributed by atoms with Crippen LogP contribution in [0.3, 0.4) is 0 Å². The van der Waals surface area contributed by atoms with E-state index in [1.807, 2.05) is 60.8 Å². The summed E-state index contributed by atoms with van der Waals surface area (Å²) in [7, 11) is 0. The quantitative estimate of drug-likeness (QED) is 0.342. The Morgan fingerprint density at radius 1 is 1.03 bits per heavy atom. The fourth-order valence-electron chi connectivity index (χ4n) is 4.40. The van der Waals surface area contributed by atoms with Gasteiger partial charge < -0.3 is 10.3 Å². The molecule has 4 heterocycles. The van der Waals surface area contributed by atoms with Gasteiger partial charge in [-0.15, -0.1) is 11.3 Å². The van der Waals surface area contributed by atoms with Crippen molar-refractivity contribution in [2.45, 2.75) is 5.92 Å². The molecule has 0 bridgehead atoms. The first kappa shape index (κ1) is 20.4. The molecular weight excluding hydrogens is 442 g/mol. The second-order valence-corrected chi connectivity index (χ2v) is 9.04. The van der Waals surface area contributed by atoms with Gasteiger partial charge in [0, 0.05) is 46.2 Å². The number of fused-ring (bicyclic) bond motifs is 2. The number of thiophene rings is 1. The molecule has 2 aromatic carbocycles. The zero-order valence-corrected chi connectivity index (χ0v) is 19.0. The number of amides is 1. The number of rotatable bonds is 6. The zero-order chi connectivity index (χ0) is 22.9. The summed E-state index contributed by atoms with van der Waals surface area (Å²) in [6, 6.07) is 24.3. The number of benzene rings is 2. The van der Waals surface area contributed by atoms with E-state index in [2.05, 4.69) is 44.0 Å². The lowest BCUT2D eigenvalue weighted by molar-refractivity contribution is 0.0954. The smallest absolute Gasteiger partial charge is 0.256 e. The van der Waals surface area contributed by atoms with Gasteiger partial charge in [0.05, 0.1) is 11.9 Å². The molecule has 6 aromatic rings. The van der Waals surface area contributed by atoms with Gasteiger partial charge in [0.25, 0.3) is 5.91 Å². The van der Waals surface area contributed by atoms with Gasteiger partial charge >= 0.3 is 0 Å². The van der Waals surface area contributed by atoms with E-state index in [-0.39, 0.29) is 11.8 Å². The highest BCUT2D eigenvalue weighted by Gasteiger charge is 2.22. The number of hydrogen-bond acceptors (Lipinski definition) is 4. The number of nitrogens with zero attached hydrogens (tertiary/aromatic N) is 3. The van der Waals surface area contributed by atoms with Crippen molar-refractivity contribution in [3.63, 3.8) is 0 Å². The molecule has 1 atom stereocenters. The minimum Gasteiger partial charge on any atom is -0.361 e. The van der Waals surface area contributed by atoms with Crippen molar-refractivity contribution in [1.29, 1.82) is 0 Å². The van der Waals surface area contributed by atoms with Crippen LogP contribution < -0.4 is 5.32 Å². The van der Waals surface area contributed by atoms with E-state index in [4.69, 9.17) is 0 Å². The largest absolute Gasteiger partial charge is 0.361 e. The normalized spacial score (nSPS) is 12.2. The summed E-state index contributed by atoms with van der Waals surface area (Å²) < 4.78 is 1.72. The van der Waals surface area contributed by atoms with Gasteiger partial charge in [0.1, 0.15) is 5.56 Å². The van der Waals surface area contributed by atoms with Gasteiger partial charge in [0.2, 0.25) is 0 Å². The lowest BCUT2D eigenvalue weighted by Crippen LogP contribution is -2.28. The van der Waals surface area contributed by atoms with E-state index in [1.165, 1.54) is 15.8 Å². The van der Waals surface area contributed by atoms with Crippen molar-refractivity contribution < 1.29 is 4.79 Å². The monoisotopic (exact) mass is 463 g/mol. The molecule has 7 heteroatoms. The Morgan fingerprint density at radius 3 is 2.74 bits per heavy atom. The number of aromatic nitrogens is 4. The van der Waals surface area contributed by atoms with E-state index in [1.54, 1.807) is 28.2 Å². The molecule has 0 saturated heterocycles. The number of aromatic amines is 1. The molecule has 0 fully saturated rings. The van der Waals surface area contributed by atoms with Crippen LogP contribution in [0.5, 0.6) is 0 Å². The standard InChI is InChI=1S/C27H21N5OS/c33-27(22-17-31-32-24(12-13-28-26(22)32)18-7-2-1-3-8-18)30-16-21(25-11-6-14-34-25)20-15-29-23-10-5-4-9-19(20)23/h1-15,17,21,29H,16H2,(H,30,33). The first-order valence-electron chi connectivity index (χ1n) is 11.1. The highest BCUT2D eigenvalue weighted by Crippen LogP contribution is 2.33. The Hall–Kier alpha value is -4.23. The summed E-state index contributed by atoms with van der Waals surface area (Å²) >= 11 is 1.70. The maximum absolute atomic E-state index is 13.3. The predicted molar refractivity (Wildman–Crippen MR) is 135 cm³/mol. The minimum absolute atomic E-state index is 0.0368. The average molecular weight is 464 g/mol. The summed E-state index contributed by atoms with van der Waals surface area (Å²) in [4.78, 5) is 22.3. The Morgan fingerprint density at radius 2 is 1.88 bits per heavy atom. The van der Waals surface area contributed by atoms with Gasteiger partial charge in [-0.25, -0.2) is 9.50 Å². The summed E-state index contributed by atoms with van der Waals surface area (Å²) in [5.41, 5.74) is 5.16. The molecule has 34 heavy (non-hydrogen) atoms. The molecular formula is C27H21N5OS. The lowest BCUT2D eigenvalue weighted by atomic mass is 9.96. The van der Waals surface area contributed by atoms with Crippen molar-refractivity contribution in [3.05, 3.63) is 113 Å². The van der Waals surface area contributed by atoms with Crippen LogP contribution in [0.15, 0.2) is 96.8 Å². The molecule has 0 aliphatic carbocycles. The number of carbonyl (C=O) groups is 1. The fraction of sp³-hybridized carbons (Fsp3) is 0.0741. The first-order valence-corrected chi connectivity index (χ1v) is 11.9. The first-order chi connectivity index (χ1) is 16.8. The van der Waals surface area contributed by atoms with Crippen LogP contribution in [-0.2, 0) is 0 Å². The third-order valence-corrected chi connectivity index (χ3v) is 7.05. The van der Waals surface area contributed by atoms with Gasteiger partial charge in [0.15, 0.2) is 5.65 Å². The highest BCUT2D eigenvalue weighted by atomic mass is 32.1. The van der Waals surface area contributed by atoms with Crippen molar-refractivity contribution in [2.75, 3.05) is 6.54 Å². The number of H-pyrrole nitrogens is 1. The summed E-state index contributed by atoms with van der Waals surface area (Å²) in [6.45, 7) is 0.469. The second kappa shape index (κ2) is 8.61. The molecule has 0 saturated carbocycles. The fourth-order valence-corrected chi connectivity index (χ4v) is 5.25. The molecule has 166 valence electrons. The van der Waals surface area contributed by atoms with Crippen LogP contribution in [0.1, 0.15) is 26.7 Å². The Balaban J connectivity index is 1.31. The summed E-state index contributed by atoms with van der Waals surface area (Å²) in [5.74, 6) is -0.149. The van der Waals surface area contributed by atoms with Crippen LogP contribution in [0.25, 0.3) is 27.8 Å². The molecule has 1 unspecified atom stereocenters. The Kier molecular flexibility index (Phi) is 5.16. The lowest BCUT2D eigenvalue weighted by Gasteiger charge is -2.16. The minimum atomic E-state index is -0.186.